The largest absolute Gasteiger partial charge is 0.399 e. The highest BCUT2D eigenvalue weighted by Crippen LogP contribution is 2.35. The van der Waals surface area contributed by atoms with Gasteiger partial charge in [0.05, 0.1) is 22.1 Å². The number of halogens is 1. The monoisotopic (exact) mass is 820 g/mol. The van der Waals surface area contributed by atoms with Crippen LogP contribution in [-0.4, -0.2) is 9.13 Å². The summed E-state index contributed by atoms with van der Waals surface area (Å²) in [5.74, 6) is 0. The van der Waals surface area contributed by atoms with Crippen LogP contribution in [0.1, 0.15) is 33.1 Å². The Morgan fingerprint density at radius 3 is 1.29 bits per heavy atom. The number of anilines is 3. The van der Waals surface area contributed by atoms with Crippen molar-refractivity contribution >= 4 is 76.6 Å². The number of benzene rings is 8. The first-order valence-electron chi connectivity index (χ1n) is 20.0. The van der Waals surface area contributed by atoms with E-state index in [1.54, 1.807) is 0 Å². The lowest BCUT2D eigenvalue weighted by Gasteiger charge is -2.10. The smallest absolute Gasteiger partial charge is 0.0561 e. The number of fused-ring (bicyclic) bond motifs is 6. The molecule has 0 radical (unpaired) electrons. The van der Waals surface area contributed by atoms with E-state index in [1.165, 1.54) is 74.2 Å². The molecular formula is C53H49BrN4. The van der Waals surface area contributed by atoms with Crippen LogP contribution in [0.3, 0.4) is 0 Å². The quantitative estimate of drug-likeness (QED) is 0.164. The summed E-state index contributed by atoms with van der Waals surface area (Å²) in [6.45, 7) is 4.42. The molecule has 0 saturated heterocycles. The molecule has 0 saturated carbocycles. The molecule has 4 nitrogen and oxygen atoms in total. The highest BCUT2D eigenvalue weighted by atomic mass is 79.9. The van der Waals surface area contributed by atoms with Crippen LogP contribution < -0.4 is 11.1 Å². The molecule has 3 N–H and O–H groups in total. The van der Waals surface area contributed by atoms with Crippen molar-refractivity contribution in [3.05, 3.63) is 211 Å². The number of nitrogens with two attached hydrogens (primary N) is 1. The van der Waals surface area contributed by atoms with Gasteiger partial charge < -0.3 is 20.2 Å². The molecule has 0 atom stereocenters. The van der Waals surface area contributed by atoms with E-state index in [1.807, 2.05) is 54.6 Å². The lowest BCUT2D eigenvalue weighted by molar-refractivity contribution is 0.772. The van der Waals surface area contributed by atoms with Gasteiger partial charge in [-0.25, -0.2) is 0 Å². The summed E-state index contributed by atoms with van der Waals surface area (Å²) < 4.78 is 5.75. The Morgan fingerprint density at radius 2 is 0.828 bits per heavy atom. The van der Waals surface area contributed by atoms with Gasteiger partial charge in [0.15, 0.2) is 0 Å². The molecule has 0 bridgehead atoms. The molecule has 5 heteroatoms. The minimum Gasteiger partial charge on any atom is -0.399 e. The van der Waals surface area contributed by atoms with Crippen LogP contribution in [0.25, 0.3) is 55.0 Å². The van der Waals surface area contributed by atoms with E-state index in [0.717, 1.165) is 21.5 Å². The predicted octanol–water partition coefficient (Wildman–Crippen LogP) is 15.5. The Morgan fingerprint density at radius 1 is 0.414 bits per heavy atom. The summed E-state index contributed by atoms with van der Waals surface area (Å²) >= 11 is 3.58. The van der Waals surface area contributed by atoms with Crippen LogP contribution >= 0.6 is 15.9 Å². The molecule has 8 aromatic carbocycles. The number of unbranched alkanes of at least 4 members (excludes halogenated alkanes) is 2. The maximum Gasteiger partial charge on any atom is 0.0561 e. The predicted molar refractivity (Wildman–Crippen MR) is 255 cm³/mol. The number of nitrogen functional groups attached to an aromatic ring is 1. The molecule has 0 aliphatic carbocycles. The van der Waals surface area contributed by atoms with Crippen LogP contribution in [0.15, 0.2) is 211 Å². The van der Waals surface area contributed by atoms with E-state index in [9.17, 15) is 0 Å². The summed E-state index contributed by atoms with van der Waals surface area (Å²) in [6, 6.07) is 71.0. The first-order chi connectivity index (χ1) is 28.6. The summed E-state index contributed by atoms with van der Waals surface area (Å²) in [7, 11) is 0. The third-order valence-electron chi connectivity index (χ3n) is 9.91. The van der Waals surface area contributed by atoms with E-state index >= 15 is 0 Å². The molecule has 0 fully saturated rings. The number of nitrogens with zero attached hydrogens (tertiary/aromatic N) is 2. The second-order valence-electron chi connectivity index (χ2n) is 14.0. The number of hydrogen-bond donors (Lipinski definition) is 2. The zero-order valence-corrected chi connectivity index (χ0v) is 34.7. The highest BCUT2D eigenvalue weighted by molar-refractivity contribution is 9.10. The minimum absolute atomic E-state index is 0.822. The van der Waals surface area contributed by atoms with Crippen molar-refractivity contribution in [2.45, 2.75) is 33.1 Å². The average molecular weight is 822 g/mol. The van der Waals surface area contributed by atoms with Gasteiger partial charge in [-0.2, -0.15) is 0 Å². The number of hydrogen-bond acceptors (Lipinski definition) is 2. The fraction of sp³-hybridized carbons (Fsp3) is 0.0943. The minimum atomic E-state index is 0.822. The summed E-state index contributed by atoms with van der Waals surface area (Å²) in [4.78, 5) is 0. The molecule has 2 heterocycles. The molecule has 0 amide bonds. The third kappa shape index (κ3) is 9.34. The van der Waals surface area contributed by atoms with Gasteiger partial charge in [0.1, 0.15) is 0 Å². The number of rotatable bonds is 6. The maximum atomic E-state index is 5.36. The Labute approximate surface area is 350 Å². The van der Waals surface area contributed by atoms with Gasteiger partial charge in [-0.3, -0.25) is 0 Å². The van der Waals surface area contributed by atoms with Crippen molar-refractivity contribution in [1.82, 2.24) is 9.13 Å². The number of para-hydroxylation sites is 6. The van der Waals surface area contributed by atoms with Crippen molar-refractivity contribution in [2.75, 3.05) is 11.1 Å². The SMILES string of the molecule is Brc1ccc2c3ccccc3n(-c3ccccc3)c2c1.CCCCC.Nc1ccccc1.c1ccc(Nc2ccc3c4ccccc4n(-c4ccccc4)c3c2)cc1. The van der Waals surface area contributed by atoms with Gasteiger partial charge in [0.2, 0.25) is 0 Å². The summed E-state index contributed by atoms with van der Waals surface area (Å²) in [6.07, 6.45) is 4.08. The molecular weight excluding hydrogens is 773 g/mol. The number of nitrogens with one attached hydrogen (secondary N) is 1. The Kier molecular flexibility index (Phi) is 13.4. The molecule has 58 heavy (non-hydrogen) atoms. The van der Waals surface area contributed by atoms with Gasteiger partial charge in [-0.15, -0.1) is 0 Å². The molecule has 0 spiro atoms. The average Bonchev–Trinajstić information content (AvgIpc) is 3.78. The first kappa shape index (κ1) is 39.7. The van der Waals surface area contributed by atoms with Crippen LogP contribution in [0.2, 0.25) is 0 Å². The van der Waals surface area contributed by atoms with Gasteiger partial charge in [0, 0.05) is 54.5 Å². The van der Waals surface area contributed by atoms with E-state index in [0.29, 0.717) is 0 Å². The van der Waals surface area contributed by atoms with Gasteiger partial charge in [0.25, 0.3) is 0 Å². The third-order valence-corrected chi connectivity index (χ3v) is 10.4. The molecule has 288 valence electrons. The topological polar surface area (TPSA) is 47.9 Å². The van der Waals surface area contributed by atoms with Crippen LogP contribution in [0.4, 0.5) is 17.1 Å². The highest BCUT2D eigenvalue weighted by Gasteiger charge is 2.13. The second-order valence-corrected chi connectivity index (χ2v) is 14.9. The van der Waals surface area contributed by atoms with Gasteiger partial charge in [-0.05, 0) is 84.9 Å². The maximum absolute atomic E-state index is 5.36. The first-order valence-corrected chi connectivity index (χ1v) is 20.8. The Bertz CT molecular complexity index is 2810. The fourth-order valence-electron chi connectivity index (χ4n) is 7.20. The van der Waals surface area contributed by atoms with Crippen molar-refractivity contribution in [1.29, 1.82) is 0 Å². The summed E-state index contributed by atoms with van der Waals surface area (Å²) in [5, 5.41) is 8.62. The molecule has 0 aliphatic heterocycles. The zero-order chi connectivity index (χ0) is 40.1. The van der Waals surface area contributed by atoms with E-state index in [2.05, 4.69) is 196 Å². The second kappa shape index (κ2) is 19.5. The normalized spacial score (nSPS) is 10.6. The van der Waals surface area contributed by atoms with Gasteiger partial charge in [-0.1, -0.05) is 170 Å². The van der Waals surface area contributed by atoms with E-state index in [-0.39, 0.29) is 0 Å². The van der Waals surface area contributed by atoms with Crippen LogP contribution in [0, 0.1) is 0 Å². The molecule has 0 unspecified atom stereocenters. The van der Waals surface area contributed by atoms with Crippen LogP contribution in [0.5, 0.6) is 0 Å². The van der Waals surface area contributed by atoms with Crippen molar-refractivity contribution in [2.24, 2.45) is 0 Å². The van der Waals surface area contributed by atoms with Crippen LogP contribution in [-0.2, 0) is 0 Å². The molecule has 2 aromatic heterocycles. The molecule has 10 rings (SSSR count). The molecule has 0 aliphatic rings. The zero-order valence-electron chi connectivity index (χ0n) is 33.1. The molecule has 10 aromatic rings. The van der Waals surface area contributed by atoms with Crippen molar-refractivity contribution in [3.8, 4) is 11.4 Å². The van der Waals surface area contributed by atoms with Gasteiger partial charge >= 0.3 is 0 Å². The Hall–Kier alpha value is -6.56. The fourth-order valence-corrected chi connectivity index (χ4v) is 7.55. The van der Waals surface area contributed by atoms with E-state index in [4.69, 9.17) is 5.73 Å². The standard InChI is InChI=1S/C24H18N2.C18H12BrN.C6H7N.C5H12/c1-3-9-18(10-4-1)25-19-15-16-22-21-13-7-8-14-23(21)26(24(22)17-19)20-11-5-2-6-12-20;19-13-10-11-16-15-8-4-5-9-17(15)20(18(16)12-13)14-6-2-1-3-7-14;7-6-4-2-1-3-5-6;1-3-5-4-2/h1-17,25H;1-12H;1-5H,7H2;3-5H2,1-2H3. The Balaban J connectivity index is 0.000000140. The number of aromatic nitrogens is 2. The summed E-state index contributed by atoms with van der Waals surface area (Å²) in [5.41, 5.74) is 15.6. The lowest BCUT2D eigenvalue weighted by Crippen LogP contribution is -1.94. The van der Waals surface area contributed by atoms with Crippen molar-refractivity contribution < 1.29 is 0 Å². The lowest BCUT2D eigenvalue weighted by atomic mass is 10.1. The van der Waals surface area contributed by atoms with E-state index < -0.39 is 0 Å². The van der Waals surface area contributed by atoms with Crippen molar-refractivity contribution in [3.63, 3.8) is 0 Å².